The predicted molar refractivity (Wildman–Crippen MR) is 66.1 cm³/mol. The van der Waals surface area contributed by atoms with E-state index in [0.29, 0.717) is 0 Å². The number of hydrogen-bond acceptors (Lipinski definition) is 3. The number of hydrogen-bond donors (Lipinski definition) is 1. The molecule has 0 amide bonds. The van der Waals surface area contributed by atoms with E-state index < -0.39 is 0 Å². The first-order chi connectivity index (χ1) is 8.38. The van der Waals surface area contributed by atoms with E-state index in [1.165, 1.54) is 29.7 Å². The van der Waals surface area contributed by atoms with Crippen molar-refractivity contribution < 1.29 is 0 Å². The SMILES string of the molecule is CNCc1cn(-c2cccc3c2CCC3)nn1. The molecule has 0 radical (unpaired) electrons. The van der Waals surface area contributed by atoms with Crippen LogP contribution in [0, 0.1) is 0 Å². The van der Waals surface area contributed by atoms with Crippen LogP contribution < -0.4 is 5.32 Å². The van der Waals surface area contributed by atoms with Crippen molar-refractivity contribution in [2.24, 2.45) is 0 Å². The summed E-state index contributed by atoms with van der Waals surface area (Å²) in [4.78, 5) is 0. The van der Waals surface area contributed by atoms with Crippen LogP contribution in [-0.4, -0.2) is 22.0 Å². The number of aromatic nitrogens is 3. The Kier molecular flexibility index (Phi) is 2.65. The molecule has 1 heterocycles. The zero-order valence-corrected chi connectivity index (χ0v) is 9.98. The van der Waals surface area contributed by atoms with Crippen molar-refractivity contribution in [3.8, 4) is 5.69 Å². The van der Waals surface area contributed by atoms with Crippen molar-refractivity contribution in [2.75, 3.05) is 7.05 Å². The summed E-state index contributed by atoms with van der Waals surface area (Å²) >= 11 is 0. The highest BCUT2D eigenvalue weighted by atomic mass is 15.4. The first-order valence-corrected chi connectivity index (χ1v) is 6.05. The van der Waals surface area contributed by atoms with E-state index in [9.17, 15) is 0 Å². The molecule has 1 aliphatic rings. The maximum atomic E-state index is 4.21. The quantitative estimate of drug-likeness (QED) is 0.865. The highest BCUT2D eigenvalue weighted by Crippen LogP contribution is 2.27. The Morgan fingerprint density at radius 2 is 2.29 bits per heavy atom. The van der Waals surface area contributed by atoms with Crippen LogP contribution in [0.15, 0.2) is 24.4 Å². The maximum Gasteiger partial charge on any atom is 0.0969 e. The Labute approximate surface area is 101 Å². The highest BCUT2D eigenvalue weighted by Gasteiger charge is 2.16. The zero-order valence-electron chi connectivity index (χ0n) is 9.98. The van der Waals surface area contributed by atoms with E-state index in [0.717, 1.165) is 18.7 Å². The summed E-state index contributed by atoms with van der Waals surface area (Å²) in [5.74, 6) is 0. The fourth-order valence-corrected chi connectivity index (χ4v) is 2.49. The van der Waals surface area contributed by atoms with E-state index in [2.05, 4.69) is 33.8 Å². The molecule has 1 N–H and O–H groups in total. The van der Waals surface area contributed by atoms with Crippen molar-refractivity contribution >= 4 is 0 Å². The molecule has 0 saturated heterocycles. The molecule has 0 fully saturated rings. The van der Waals surface area contributed by atoms with E-state index >= 15 is 0 Å². The lowest BCUT2D eigenvalue weighted by Crippen LogP contribution is -2.05. The lowest BCUT2D eigenvalue weighted by Gasteiger charge is -2.06. The second-order valence-electron chi connectivity index (χ2n) is 4.45. The Hall–Kier alpha value is -1.68. The van der Waals surface area contributed by atoms with Gasteiger partial charge in [-0.05, 0) is 43.5 Å². The van der Waals surface area contributed by atoms with Crippen molar-refractivity contribution in [2.45, 2.75) is 25.8 Å². The fraction of sp³-hybridized carbons (Fsp3) is 0.385. The molecule has 3 rings (SSSR count). The van der Waals surface area contributed by atoms with Crippen LogP contribution >= 0.6 is 0 Å². The third kappa shape index (κ3) is 1.85. The topological polar surface area (TPSA) is 42.7 Å². The largest absolute Gasteiger partial charge is 0.314 e. The molecule has 17 heavy (non-hydrogen) atoms. The molecule has 0 aliphatic heterocycles. The highest BCUT2D eigenvalue weighted by molar-refractivity contribution is 5.47. The van der Waals surface area contributed by atoms with Crippen LogP contribution in [0.5, 0.6) is 0 Å². The van der Waals surface area contributed by atoms with Gasteiger partial charge in [-0.15, -0.1) is 5.10 Å². The summed E-state index contributed by atoms with van der Waals surface area (Å²) in [6, 6.07) is 6.46. The van der Waals surface area contributed by atoms with Crippen LogP contribution in [0.3, 0.4) is 0 Å². The van der Waals surface area contributed by atoms with Gasteiger partial charge in [0.15, 0.2) is 0 Å². The molecule has 0 saturated carbocycles. The summed E-state index contributed by atoms with van der Waals surface area (Å²) in [6.07, 6.45) is 5.61. The molecule has 4 heteroatoms. The average Bonchev–Trinajstić information content (AvgIpc) is 2.96. The molecule has 1 aromatic carbocycles. The minimum Gasteiger partial charge on any atom is -0.314 e. The van der Waals surface area contributed by atoms with E-state index in [1.807, 2.05) is 17.9 Å². The standard InChI is InChI=1S/C13H16N4/c1-14-8-11-9-17(16-15-11)13-7-3-5-10-4-2-6-12(10)13/h3,5,7,9,14H,2,4,6,8H2,1H3. The lowest BCUT2D eigenvalue weighted by atomic mass is 10.1. The van der Waals surface area contributed by atoms with Gasteiger partial charge in [-0.2, -0.15) is 0 Å². The number of aryl methyl sites for hydroxylation is 1. The van der Waals surface area contributed by atoms with Crippen molar-refractivity contribution in [1.82, 2.24) is 20.3 Å². The molecule has 0 bridgehead atoms. The van der Waals surface area contributed by atoms with Gasteiger partial charge >= 0.3 is 0 Å². The lowest BCUT2D eigenvalue weighted by molar-refractivity contribution is 0.764. The minimum absolute atomic E-state index is 0.759. The molecular weight excluding hydrogens is 212 g/mol. The predicted octanol–water partition coefficient (Wildman–Crippen LogP) is 1.48. The molecule has 0 spiro atoms. The van der Waals surface area contributed by atoms with Crippen LogP contribution in [-0.2, 0) is 19.4 Å². The van der Waals surface area contributed by atoms with Gasteiger partial charge in [-0.1, -0.05) is 17.3 Å². The third-order valence-corrected chi connectivity index (χ3v) is 3.27. The van der Waals surface area contributed by atoms with E-state index in [1.54, 1.807) is 0 Å². The molecule has 0 unspecified atom stereocenters. The molecule has 0 atom stereocenters. The first kappa shape index (κ1) is 10.5. The molecular formula is C13H16N4. The first-order valence-electron chi connectivity index (χ1n) is 6.05. The van der Waals surface area contributed by atoms with Gasteiger partial charge in [0.1, 0.15) is 0 Å². The molecule has 1 aliphatic carbocycles. The van der Waals surface area contributed by atoms with E-state index in [-0.39, 0.29) is 0 Å². The second kappa shape index (κ2) is 4.30. The monoisotopic (exact) mass is 228 g/mol. The van der Waals surface area contributed by atoms with Gasteiger partial charge in [0.25, 0.3) is 0 Å². The number of nitrogens with zero attached hydrogens (tertiary/aromatic N) is 3. The average molecular weight is 228 g/mol. The summed E-state index contributed by atoms with van der Waals surface area (Å²) in [5.41, 5.74) is 5.07. The minimum atomic E-state index is 0.759. The summed E-state index contributed by atoms with van der Waals surface area (Å²) in [5, 5.41) is 11.5. The van der Waals surface area contributed by atoms with Crippen LogP contribution in [0.2, 0.25) is 0 Å². The van der Waals surface area contributed by atoms with Crippen LogP contribution in [0.25, 0.3) is 5.69 Å². The molecule has 1 aromatic heterocycles. The smallest absolute Gasteiger partial charge is 0.0969 e. The second-order valence-corrected chi connectivity index (χ2v) is 4.45. The molecule has 88 valence electrons. The van der Waals surface area contributed by atoms with Crippen molar-refractivity contribution in [1.29, 1.82) is 0 Å². The van der Waals surface area contributed by atoms with Crippen LogP contribution in [0.4, 0.5) is 0 Å². The zero-order chi connectivity index (χ0) is 11.7. The van der Waals surface area contributed by atoms with E-state index in [4.69, 9.17) is 0 Å². The molecule has 2 aromatic rings. The maximum absolute atomic E-state index is 4.21. The summed E-state index contributed by atoms with van der Waals surface area (Å²) in [7, 11) is 1.92. The Bertz CT molecular complexity index is 530. The Balaban J connectivity index is 2.00. The van der Waals surface area contributed by atoms with Crippen LogP contribution in [0.1, 0.15) is 23.2 Å². The van der Waals surface area contributed by atoms with Gasteiger partial charge in [-0.25, -0.2) is 4.68 Å². The Morgan fingerprint density at radius 3 is 3.18 bits per heavy atom. The van der Waals surface area contributed by atoms with Gasteiger partial charge in [0.05, 0.1) is 17.6 Å². The van der Waals surface area contributed by atoms with Gasteiger partial charge in [-0.3, -0.25) is 0 Å². The summed E-state index contributed by atoms with van der Waals surface area (Å²) in [6.45, 7) is 0.759. The van der Waals surface area contributed by atoms with Crippen molar-refractivity contribution in [3.05, 3.63) is 41.2 Å². The van der Waals surface area contributed by atoms with Gasteiger partial charge in [0, 0.05) is 6.54 Å². The number of fused-ring (bicyclic) bond motifs is 1. The third-order valence-electron chi connectivity index (χ3n) is 3.27. The number of nitrogens with one attached hydrogen (secondary N) is 1. The Morgan fingerprint density at radius 1 is 1.35 bits per heavy atom. The van der Waals surface area contributed by atoms with Gasteiger partial charge in [0.2, 0.25) is 0 Å². The number of benzene rings is 1. The van der Waals surface area contributed by atoms with Crippen molar-refractivity contribution in [3.63, 3.8) is 0 Å². The normalized spacial score (nSPS) is 13.9. The van der Waals surface area contributed by atoms with Gasteiger partial charge < -0.3 is 5.32 Å². The summed E-state index contributed by atoms with van der Waals surface area (Å²) < 4.78 is 1.90. The number of rotatable bonds is 3. The fourth-order valence-electron chi connectivity index (χ4n) is 2.49. The molecule has 4 nitrogen and oxygen atoms in total.